The number of carbonyl (C=O) groups is 4. The van der Waals surface area contributed by atoms with Gasteiger partial charge in [-0.15, -0.1) is 0 Å². The number of phenolic OH excluding ortho intramolecular Hbond substituents is 1. The van der Waals surface area contributed by atoms with Crippen LogP contribution in [0.1, 0.15) is 18.4 Å². The molecule has 1 heterocycles. The summed E-state index contributed by atoms with van der Waals surface area (Å²) in [5.74, 6) is -3.12. The number of nitrogens with two attached hydrogens (primary N) is 1. The van der Waals surface area contributed by atoms with Crippen molar-refractivity contribution in [2.75, 3.05) is 18.9 Å². The van der Waals surface area contributed by atoms with Crippen LogP contribution in [0.2, 0.25) is 0 Å². The minimum absolute atomic E-state index is 0.0162. The number of hydrogen-bond donors (Lipinski definition) is 7. The summed E-state index contributed by atoms with van der Waals surface area (Å²) in [4.78, 5) is 50.5. The SMILES string of the molecule is NC(CS)C(=O)N1CCCC1C(=O)NC(CO)C(=O)NC(Cc1ccc(O)cc1)C(=O)O. The minimum Gasteiger partial charge on any atom is -0.508 e. The number of amides is 3. The molecule has 4 atom stereocenters. The normalized spacial score (nSPS) is 18.5. The number of aromatic hydroxyl groups is 1. The third-order valence-electron chi connectivity index (χ3n) is 5.16. The number of nitrogens with one attached hydrogen (secondary N) is 2. The highest BCUT2D eigenvalue weighted by Gasteiger charge is 2.37. The molecule has 0 radical (unpaired) electrons. The molecule has 11 nitrogen and oxygen atoms in total. The summed E-state index contributed by atoms with van der Waals surface area (Å²) in [5, 5.41) is 33.1. The van der Waals surface area contributed by atoms with E-state index in [1.54, 1.807) is 0 Å². The van der Waals surface area contributed by atoms with Crippen LogP contribution in [0.15, 0.2) is 24.3 Å². The second kappa shape index (κ2) is 11.7. The number of likely N-dealkylation sites (tertiary alicyclic amines) is 1. The Morgan fingerprint density at radius 3 is 2.38 bits per heavy atom. The van der Waals surface area contributed by atoms with E-state index in [-0.39, 0.29) is 17.9 Å². The Hall–Kier alpha value is -2.83. The topological polar surface area (TPSA) is 182 Å². The van der Waals surface area contributed by atoms with Crippen LogP contribution in [0.5, 0.6) is 5.75 Å². The smallest absolute Gasteiger partial charge is 0.326 e. The lowest BCUT2D eigenvalue weighted by Gasteiger charge is -2.28. The number of aliphatic hydroxyl groups is 1. The number of aliphatic hydroxyl groups excluding tert-OH is 1. The van der Waals surface area contributed by atoms with Gasteiger partial charge in [-0.05, 0) is 30.5 Å². The molecule has 2 rings (SSSR count). The number of aliphatic carboxylic acids is 1. The first-order valence-corrected chi connectivity index (χ1v) is 10.7. The number of carboxylic acid groups (broad SMARTS) is 1. The molecule has 0 spiro atoms. The number of benzene rings is 1. The number of carbonyl (C=O) groups excluding carboxylic acids is 3. The molecule has 1 aliphatic heterocycles. The zero-order valence-corrected chi connectivity index (χ0v) is 18.2. The van der Waals surface area contributed by atoms with Gasteiger partial charge in [0.25, 0.3) is 0 Å². The fraction of sp³-hybridized carbons (Fsp3) is 0.500. The van der Waals surface area contributed by atoms with Crippen molar-refractivity contribution in [1.29, 1.82) is 0 Å². The fourth-order valence-electron chi connectivity index (χ4n) is 3.40. The van der Waals surface area contributed by atoms with Crippen molar-refractivity contribution in [2.24, 2.45) is 5.73 Å². The predicted octanol–water partition coefficient (Wildman–Crippen LogP) is -1.77. The molecule has 176 valence electrons. The predicted molar refractivity (Wildman–Crippen MR) is 117 cm³/mol. The number of thiol groups is 1. The maximum atomic E-state index is 12.7. The Morgan fingerprint density at radius 2 is 1.81 bits per heavy atom. The Balaban J connectivity index is 2.02. The number of carboxylic acids is 1. The van der Waals surface area contributed by atoms with E-state index in [0.29, 0.717) is 24.9 Å². The van der Waals surface area contributed by atoms with Gasteiger partial charge in [-0.2, -0.15) is 12.6 Å². The van der Waals surface area contributed by atoms with E-state index in [1.165, 1.54) is 29.2 Å². The molecule has 1 aromatic rings. The molecule has 32 heavy (non-hydrogen) atoms. The first kappa shape index (κ1) is 25.4. The lowest BCUT2D eigenvalue weighted by atomic mass is 10.1. The summed E-state index contributed by atoms with van der Waals surface area (Å²) in [5.41, 5.74) is 6.27. The van der Waals surface area contributed by atoms with Crippen LogP contribution in [0.4, 0.5) is 0 Å². The van der Waals surface area contributed by atoms with E-state index >= 15 is 0 Å². The van der Waals surface area contributed by atoms with Crippen LogP contribution in [-0.4, -0.2) is 87.0 Å². The number of rotatable bonds is 10. The van der Waals surface area contributed by atoms with Crippen LogP contribution >= 0.6 is 12.6 Å². The quantitative estimate of drug-likeness (QED) is 0.197. The van der Waals surface area contributed by atoms with Gasteiger partial charge in [0.05, 0.1) is 12.6 Å². The third-order valence-corrected chi connectivity index (χ3v) is 5.55. The summed E-state index contributed by atoms with van der Waals surface area (Å²) in [6.45, 7) is -0.429. The highest BCUT2D eigenvalue weighted by molar-refractivity contribution is 7.80. The number of phenols is 1. The number of nitrogens with zero attached hydrogens (tertiary/aromatic N) is 1. The van der Waals surface area contributed by atoms with Crippen molar-refractivity contribution < 1.29 is 34.5 Å². The van der Waals surface area contributed by atoms with Crippen molar-refractivity contribution in [3.05, 3.63) is 29.8 Å². The summed E-state index contributed by atoms with van der Waals surface area (Å²) < 4.78 is 0. The van der Waals surface area contributed by atoms with Crippen LogP contribution in [0.3, 0.4) is 0 Å². The molecule has 0 saturated carbocycles. The average molecular weight is 469 g/mol. The van der Waals surface area contributed by atoms with Crippen molar-refractivity contribution in [3.63, 3.8) is 0 Å². The largest absolute Gasteiger partial charge is 0.508 e. The summed E-state index contributed by atoms with van der Waals surface area (Å²) in [7, 11) is 0. The van der Waals surface area contributed by atoms with Crippen molar-refractivity contribution in [2.45, 2.75) is 43.4 Å². The minimum atomic E-state index is -1.40. The molecule has 12 heteroatoms. The van der Waals surface area contributed by atoms with Gasteiger partial charge in [0, 0.05) is 18.7 Å². The van der Waals surface area contributed by atoms with Gasteiger partial charge in [-0.25, -0.2) is 4.79 Å². The van der Waals surface area contributed by atoms with E-state index in [9.17, 15) is 34.5 Å². The van der Waals surface area contributed by atoms with Crippen LogP contribution in [0, 0.1) is 0 Å². The highest BCUT2D eigenvalue weighted by Crippen LogP contribution is 2.19. The molecule has 4 unspecified atom stereocenters. The van der Waals surface area contributed by atoms with Gasteiger partial charge in [-0.1, -0.05) is 12.1 Å². The maximum Gasteiger partial charge on any atom is 0.326 e. The van der Waals surface area contributed by atoms with Gasteiger partial charge in [0.1, 0.15) is 23.9 Å². The third kappa shape index (κ3) is 6.58. The average Bonchev–Trinajstić information content (AvgIpc) is 3.27. The molecule has 1 aliphatic rings. The van der Waals surface area contributed by atoms with Gasteiger partial charge in [-0.3, -0.25) is 14.4 Å². The zero-order chi connectivity index (χ0) is 23.8. The Bertz CT molecular complexity index is 836. The molecular weight excluding hydrogens is 440 g/mol. The van der Waals surface area contributed by atoms with Crippen LogP contribution < -0.4 is 16.4 Å². The van der Waals surface area contributed by atoms with Crippen LogP contribution in [0.25, 0.3) is 0 Å². The lowest BCUT2D eigenvalue weighted by molar-refractivity contribution is -0.143. The molecule has 7 N–H and O–H groups in total. The maximum absolute atomic E-state index is 12.7. The first-order chi connectivity index (χ1) is 15.2. The second-order valence-electron chi connectivity index (χ2n) is 7.49. The summed E-state index contributed by atoms with van der Waals surface area (Å²) >= 11 is 4.00. The summed E-state index contributed by atoms with van der Waals surface area (Å²) in [6.07, 6.45) is 0.877. The van der Waals surface area contributed by atoms with Crippen molar-refractivity contribution in [1.82, 2.24) is 15.5 Å². The fourth-order valence-corrected chi connectivity index (χ4v) is 3.55. The lowest BCUT2D eigenvalue weighted by Crippen LogP contribution is -2.58. The Kier molecular flexibility index (Phi) is 9.29. The first-order valence-electron chi connectivity index (χ1n) is 10.1. The number of hydrogen-bond acceptors (Lipinski definition) is 8. The van der Waals surface area contributed by atoms with Crippen molar-refractivity contribution in [3.8, 4) is 5.75 Å². The zero-order valence-electron chi connectivity index (χ0n) is 17.3. The summed E-state index contributed by atoms with van der Waals surface area (Å²) in [6, 6.07) is 1.38. The Labute approximate surface area is 190 Å². The molecule has 1 aromatic carbocycles. The molecular formula is C20H28N4O7S. The molecule has 1 saturated heterocycles. The van der Waals surface area contributed by atoms with E-state index in [0.717, 1.165) is 0 Å². The van der Waals surface area contributed by atoms with E-state index in [4.69, 9.17) is 5.73 Å². The van der Waals surface area contributed by atoms with Gasteiger partial charge in [0.15, 0.2) is 0 Å². The van der Waals surface area contributed by atoms with E-state index < -0.39 is 54.5 Å². The molecule has 3 amide bonds. The van der Waals surface area contributed by atoms with Gasteiger partial charge >= 0.3 is 5.97 Å². The molecule has 1 fully saturated rings. The van der Waals surface area contributed by atoms with Crippen LogP contribution in [-0.2, 0) is 25.6 Å². The van der Waals surface area contributed by atoms with Gasteiger partial charge < -0.3 is 36.6 Å². The van der Waals surface area contributed by atoms with Gasteiger partial charge in [0.2, 0.25) is 17.7 Å². The molecule has 0 bridgehead atoms. The monoisotopic (exact) mass is 468 g/mol. The van der Waals surface area contributed by atoms with E-state index in [2.05, 4.69) is 23.3 Å². The van der Waals surface area contributed by atoms with E-state index in [1.807, 2.05) is 0 Å². The molecule has 0 aromatic heterocycles. The second-order valence-corrected chi connectivity index (χ2v) is 7.86. The van der Waals surface area contributed by atoms with Crippen molar-refractivity contribution >= 4 is 36.3 Å². The highest BCUT2D eigenvalue weighted by atomic mass is 32.1. The standard InChI is InChI=1S/C20H28N4O7S/c21-13(10-32)19(29)24-7-1-2-16(24)18(28)23-15(9-25)17(27)22-14(20(30)31)8-11-3-5-12(26)6-4-11/h3-6,13-16,25-26,32H,1-2,7-10,21H2,(H,22,27)(H,23,28)(H,30,31). The Morgan fingerprint density at radius 1 is 1.16 bits per heavy atom. The molecule has 0 aliphatic carbocycles.